The Kier molecular flexibility index (Phi) is 6.73. The van der Waals surface area contributed by atoms with Crippen LogP contribution in [-0.4, -0.2) is 25.1 Å². The number of esters is 1. The number of hydrogen-bond acceptors (Lipinski definition) is 6. The smallest absolute Gasteiger partial charge is 0.341 e. The summed E-state index contributed by atoms with van der Waals surface area (Å²) in [4.78, 5) is 27.2. The van der Waals surface area contributed by atoms with Gasteiger partial charge in [-0.1, -0.05) is 12.1 Å². The Bertz CT molecular complexity index is 1080. The van der Waals surface area contributed by atoms with E-state index in [0.29, 0.717) is 17.2 Å². The van der Waals surface area contributed by atoms with E-state index in [1.807, 2.05) is 41.9 Å². The summed E-state index contributed by atoms with van der Waals surface area (Å²) >= 11 is 3.00. The molecule has 0 unspecified atom stereocenters. The minimum Gasteiger partial charge on any atom is -0.494 e. The van der Waals surface area contributed by atoms with Crippen LogP contribution in [0.3, 0.4) is 0 Å². The SMILES string of the molecule is CCOC(=O)c1c(-c2ccc(OCC)cc2)csc1NC(=O)c1csc2c1CCCC2. The van der Waals surface area contributed by atoms with Crippen LogP contribution in [0.1, 0.15) is 57.8 Å². The second kappa shape index (κ2) is 9.66. The third-order valence-electron chi connectivity index (χ3n) is 5.28. The van der Waals surface area contributed by atoms with Crippen LogP contribution in [0.2, 0.25) is 0 Å². The number of carbonyl (C=O) groups is 2. The summed E-state index contributed by atoms with van der Waals surface area (Å²) in [5, 5.41) is 7.33. The molecule has 1 aliphatic rings. The molecule has 5 nitrogen and oxygen atoms in total. The van der Waals surface area contributed by atoms with Gasteiger partial charge in [0.1, 0.15) is 16.3 Å². The minimum absolute atomic E-state index is 0.162. The number of thiophene rings is 2. The lowest BCUT2D eigenvalue weighted by Gasteiger charge is -2.13. The summed E-state index contributed by atoms with van der Waals surface area (Å²) in [6.45, 7) is 4.57. The van der Waals surface area contributed by atoms with Crippen molar-refractivity contribution in [2.75, 3.05) is 18.5 Å². The van der Waals surface area contributed by atoms with Gasteiger partial charge in [0.05, 0.1) is 18.8 Å². The van der Waals surface area contributed by atoms with Crippen molar-refractivity contribution in [3.8, 4) is 16.9 Å². The molecule has 31 heavy (non-hydrogen) atoms. The molecule has 0 radical (unpaired) electrons. The van der Waals surface area contributed by atoms with Gasteiger partial charge in [-0.05, 0) is 62.8 Å². The first-order valence-electron chi connectivity index (χ1n) is 10.5. The number of amides is 1. The number of ether oxygens (including phenoxy) is 2. The standard InChI is InChI=1S/C24H25NO4S2/c1-3-28-16-11-9-15(10-12-16)18-13-31-23(21(18)24(27)29-4-2)25-22(26)19-14-30-20-8-6-5-7-17(19)20/h9-14H,3-8H2,1-2H3,(H,25,26). The highest BCUT2D eigenvalue weighted by Gasteiger charge is 2.25. The first kappa shape index (κ1) is 21.6. The zero-order valence-corrected chi connectivity index (χ0v) is 19.3. The predicted octanol–water partition coefficient (Wildman–Crippen LogP) is 6.18. The zero-order valence-electron chi connectivity index (χ0n) is 17.7. The summed E-state index contributed by atoms with van der Waals surface area (Å²) in [5.74, 6) is 0.176. The van der Waals surface area contributed by atoms with Gasteiger partial charge in [-0.2, -0.15) is 0 Å². The van der Waals surface area contributed by atoms with Gasteiger partial charge in [0, 0.05) is 21.2 Å². The molecule has 1 amide bonds. The highest BCUT2D eigenvalue weighted by molar-refractivity contribution is 7.15. The molecule has 0 saturated carbocycles. The fraction of sp³-hybridized carbons (Fsp3) is 0.333. The molecular formula is C24H25NO4S2. The monoisotopic (exact) mass is 455 g/mol. The lowest BCUT2D eigenvalue weighted by molar-refractivity contribution is 0.0529. The third kappa shape index (κ3) is 4.52. The predicted molar refractivity (Wildman–Crippen MR) is 126 cm³/mol. The Hall–Kier alpha value is -2.64. The molecule has 0 atom stereocenters. The number of hydrogen-bond donors (Lipinski definition) is 1. The molecule has 1 aromatic carbocycles. The van der Waals surface area contributed by atoms with Crippen molar-refractivity contribution in [3.05, 3.63) is 56.6 Å². The van der Waals surface area contributed by atoms with E-state index in [9.17, 15) is 9.59 Å². The Morgan fingerprint density at radius 2 is 1.77 bits per heavy atom. The molecule has 162 valence electrons. The normalized spacial score (nSPS) is 12.8. The largest absolute Gasteiger partial charge is 0.494 e. The van der Waals surface area contributed by atoms with Crippen LogP contribution in [0.5, 0.6) is 5.75 Å². The molecule has 1 aliphatic carbocycles. The fourth-order valence-electron chi connectivity index (χ4n) is 3.82. The number of fused-ring (bicyclic) bond motifs is 1. The molecule has 0 spiro atoms. The van der Waals surface area contributed by atoms with Crippen molar-refractivity contribution in [3.63, 3.8) is 0 Å². The number of carbonyl (C=O) groups excluding carboxylic acids is 2. The van der Waals surface area contributed by atoms with Crippen LogP contribution in [0.25, 0.3) is 11.1 Å². The van der Waals surface area contributed by atoms with Gasteiger partial charge in [-0.25, -0.2) is 4.79 Å². The number of nitrogens with one attached hydrogen (secondary N) is 1. The van der Waals surface area contributed by atoms with E-state index in [4.69, 9.17) is 9.47 Å². The number of rotatable bonds is 7. The second-order valence-electron chi connectivity index (χ2n) is 7.24. The van der Waals surface area contributed by atoms with Crippen LogP contribution in [0.4, 0.5) is 5.00 Å². The molecule has 7 heteroatoms. The highest BCUT2D eigenvalue weighted by Crippen LogP contribution is 2.38. The molecule has 0 aliphatic heterocycles. The maximum Gasteiger partial charge on any atom is 0.341 e. The lowest BCUT2D eigenvalue weighted by atomic mass is 9.95. The van der Waals surface area contributed by atoms with Gasteiger partial charge in [-0.15, -0.1) is 22.7 Å². The van der Waals surface area contributed by atoms with E-state index in [-0.39, 0.29) is 12.5 Å². The first-order valence-corrected chi connectivity index (χ1v) is 12.3. The summed E-state index contributed by atoms with van der Waals surface area (Å²) in [5.41, 5.74) is 3.90. The van der Waals surface area contributed by atoms with Gasteiger partial charge >= 0.3 is 5.97 Å². The molecule has 4 rings (SSSR count). The van der Waals surface area contributed by atoms with Crippen molar-refractivity contribution in [1.82, 2.24) is 0 Å². The van der Waals surface area contributed by atoms with Crippen molar-refractivity contribution in [2.24, 2.45) is 0 Å². The number of aryl methyl sites for hydroxylation is 1. The van der Waals surface area contributed by atoms with E-state index >= 15 is 0 Å². The fourth-order valence-corrected chi connectivity index (χ4v) is 5.90. The zero-order chi connectivity index (χ0) is 21.8. The van der Waals surface area contributed by atoms with Crippen molar-refractivity contribution in [1.29, 1.82) is 0 Å². The Balaban J connectivity index is 1.65. The summed E-state index contributed by atoms with van der Waals surface area (Å²) in [6.07, 6.45) is 4.27. The van der Waals surface area contributed by atoms with Crippen molar-refractivity contribution < 1.29 is 19.1 Å². The van der Waals surface area contributed by atoms with Gasteiger partial charge in [-0.3, -0.25) is 4.79 Å². The van der Waals surface area contributed by atoms with Crippen LogP contribution < -0.4 is 10.1 Å². The molecule has 2 aromatic heterocycles. The minimum atomic E-state index is -0.435. The summed E-state index contributed by atoms with van der Waals surface area (Å²) < 4.78 is 10.8. The van der Waals surface area contributed by atoms with Gasteiger partial charge in [0.25, 0.3) is 5.91 Å². The molecule has 0 saturated heterocycles. The quantitative estimate of drug-likeness (QED) is 0.432. The third-order valence-corrected chi connectivity index (χ3v) is 7.26. The van der Waals surface area contributed by atoms with Crippen molar-refractivity contribution >= 4 is 39.6 Å². The Labute approximate surface area is 190 Å². The van der Waals surface area contributed by atoms with Gasteiger partial charge in [0.15, 0.2) is 0 Å². The lowest BCUT2D eigenvalue weighted by Crippen LogP contribution is -2.16. The molecule has 1 N–H and O–H groups in total. The van der Waals surface area contributed by atoms with Crippen LogP contribution in [-0.2, 0) is 17.6 Å². The molecule has 0 bridgehead atoms. The number of anilines is 1. The molecular weight excluding hydrogens is 430 g/mol. The van der Waals surface area contributed by atoms with Crippen LogP contribution >= 0.6 is 22.7 Å². The summed E-state index contributed by atoms with van der Waals surface area (Å²) in [6, 6.07) is 7.58. The Morgan fingerprint density at radius 1 is 1.00 bits per heavy atom. The first-order chi connectivity index (χ1) is 15.1. The Morgan fingerprint density at radius 3 is 2.52 bits per heavy atom. The van der Waals surface area contributed by atoms with E-state index in [2.05, 4.69) is 5.32 Å². The van der Waals surface area contributed by atoms with Crippen LogP contribution in [0.15, 0.2) is 35.0 Å². The number of benzene rings is 1. The van der Waals surface area contributed by atoms with Gasteiger partial charge in [0.2, 0.25) is 0 Å². The van der Waals surface area contributed by atoms with E-state index in [1.165, 1.54) is 22.6 Å². The van der Waals surface area contributed by atoms with Gasteiger partial charge < -0.3 is 14.8 Å². The molecule has 3 aromatic rings. The highest BCUT2D eigenvalue weighted by atomic mass is 32.1. The van der Waals surface area contributed by atoms with Crippen LogP contribution in [0, 0.1) is 0 Å². The van der Waals surface area contributed by atoms with Crippen molar-refractivity contribution in [2.45, 2.75) is 39.5 Å². The van der Waals surface area contributed by atoms with E-state index < -0.39 is 5.97 Å². The molecule has 2 heterocycles. The maximum atomic E-state index is 13.1. The average molecular weight is 456 g/mol. The van der Waals surface area contributed by atoms with E-state index in [1.54, 1.807) is 18.3 Å². The second-order valence-corrected chi connectivity index (χ2v) is 9.09. The maximum absolute atomic E-state index is 13.1. The van der Waals surface area contributed by atoms with E-state index in [0.717, 1.165) is 47.3 Å². The molecule has 0 fully saturated rings. The average Bonchev–Trinajstić information content (AvgIpc) is 3.39. The topological polar surface area (TPSA) is 64.6 Å². The summed E-state index contributed by atoms with van der Waals surface area (Å²) in [7, 11) is 0.